The smallest absolute Gasteiger partial charge is 0.414 e. The normalized spacial score (nSPS) is 12.1. The molecule has 2 rings (SSSR count). The summed E-state index contributed by atoms with van der Waals surface area (Å²) in [6.45, 7) is 9.07. The van der Waals surface area contributed by atoms with Crippen LogP contribution in [0.5, 0.6) is 11.5 Å². The van der Waals surface area contributed by atoms with Gasteiger partial charge in [0, 0.05) is 0 Å². The van der Waals surface area contributed by atoms with Gasteiger partial charge in [0.25, 0.3) is 0 Å². The highest BCUT2D eigenvalue weighted by molar-refractivity contribution is 7.60. The first kappa shape index (κ1) is 19.2. The van der Waals surface area contributed by atoms with Gasteiger partial charge >= 0.3 is 7.60 Å². The van der Waals surface area contributed by atoms with Gasteiger partial charge in [-0.2, -0.15) is 0 Å². The van der Waals surface area contributed by atoms with E-state index in [0.29, 0.717) is 11.5 Å². The van der Waals surface area contributed by atoms with Crippen molar-refractivity contribution in [1.82, 2.24) is 0 Å². The van der Waals surface area contributed by atoms with Gasteiger partial charge in [-0.05, 0) is 57.9 Å². The summed E-state index contributed by atoms with van der Waals surface area (Å²) in [5.74, 6) is 0.863. The molecule has 0 amide bonds. The van der Waals surface area contributed by atoms with Crippen LogP contribution in [0.3, 0.4) is 0 Å². The summed E-state index contributed by atoms with van der Waals surface area (Å²) < 4.78 is 23.1. The lowest BCUT2D eigenvalue weighted by molar-refractivity contribution is 0.377. The molecule has 0 bridgehead atoms. The summed E-state index contributed by atoms with van der Waals surface area (Å²) in [7, 11) is -3.90. The van der Waals surface area contributed by atoms with Crippen molar-refractivity contribution in [1.29, 1.82) is 0 Å². The first-order valence-electron chi connectivity index (χ1n) is 7.53. The number of aryl methyl sites for hydroxylation is 4. The van der Waals surface area contributed by atoms with Gasteiger partial charge in [0.1, 0.15) is 11.5 Å². The standard InChI is InChI=1S/C18H21Cl2O3P/c1-12-6-8-16(14(3)10-12)22-24(21,18(5,19)20)23-17-9-7-13(2)11-15(17)4/h6-11H,1-5H3. The van der Waals surface area contributed by atoms with E-state index in [2.05, 4.69) is 0 Å². The van der Waals surface area contributed by atoms with Crippen LogP contribution in [0.25, 0.3) is 0 Å². The summed E-state index contributed by atoms with van der Waals surface area (Å²) in [6, 6.07) is 11.1. The third-order valence-electron chi connectivity index (χ3n) is 3.58. The SMILES string of the molecule is Cc1ccc(OP(=O)(Oc2ccc(C)cc2C)C(C)(Cl)Cl)c(C)c1. The van der Waals surface area contributed by atoms with Crippen LogP contribution in [0.1, 0.15) is 29.2 Å². The zero-order valence-corrected chi connectivity index (χ0v) is 16.8. The third-order valence-corrected chi connectivity index (χ3v) is 6.66. The van der Waals surface area contributed by atoms with Gasteiger partial charge < -0.3 is 9.05 Å². The fourth-order valence-electron chi connectivity index (χ4n) is 2.24. The first-order chi connectivity index (χ1) is 11.0. The van der Waals surface area contributed by atoms with Crippen LogP contribution in [-0.4, -0.2) is 4.07 Å². The van der Waals surface area contributed by atoms with Gasteiger partial charge in [0.15, 0.2) is 0 Å². The summed E-state index contributed by atoms with van der Waals surface area (Å²) in [6.07, 6.45) is 0. The van der Waals surface area contributed by atoms with Gasteiger partial charge in [-0.1, -0.05) is 58.6 Å². The lowest BCUT2D eigenvalue weighted by Gasteiger charge is -2.28. The largest absolute Gasteiger partial charge is 0.466 e. The Morgan fingerprint density at radius 3 is 1.50 bits per heavy atom. The monoisotopic (exact) mass is 386 g/mol. The Hall–Kier alpha value is -1.15. The Kier molecular flexibility index (Phi) is 5.59. The molecule has 24 heavy (non-hydrogen) atoms. The van der Waals surface area contributed by atoms with Crippen LogP contribution in [-0.2, 0) is 4.57 Å². The average molecular weight is 387 g/mol. The van der Waals surface area contributed by atoms with Crippen molar-refractivity contribution >= 4 is 30.8 Å². The summed E-state index contributed by atoms with van der Waals surface area (Å²) in [5.41, 5.74) is 3.81. The minimum atomic E-state index is -3.90. The van der Waals surface area contributed by atoms with Crippen LogP contribution in [0.15, 0.2) is 36.4 Å². The highest BCUT2D eigenvalue weighted by atomic mass is 35.5. The zero-order valence-electron chi connectivity index (χ0n) is 14.4. The number of halogens is 2. The second-order valence-corrected chi connectivity index (χ2v) is 10.5. The van der Waals surface area contributed by atoms with Crippen molar-refractivity contribution in [2.75, 3.05) is 0 Å². The molecule has 0 unspecified atom stereocenters. The predicted octanol–water partition coefficient (Wildman–Crippen LogP) is 6.72. The second-order valence-electron chi connectivity index (χ2n) is 6.06. The van der Waals surface area contributed by atoms with Crippen molar-refractivity contribution in [3.05, 3.63) is 58.7 Å². The van der Waals surface area contributed by atoms with Gasteiger partial charge in [-0.25, -0.2) is 4.57 Å². The Labute approximate surface area is 153 Å². The van der Waals surface area contributed by atoms with Crippen LogP contribution in [0.2, 0.25) is 0 Å². The summed E-state index contributed by atoms with van der Waals surface area (Å²) in [5, 5.41) is 0. The molecule has 0 atom stereocenters. The van der Waals surface area contributed by atoms with Crippen molar-refractivity contribution < 1.29 is 13.6 Å². The summed E-state index contributed by atoms with van der Waals surface area (Å²) >= 11 is 12.3. The lowest BCUT2D eigenvalue weighted by atomic mass is 10.1. The van der Waals surface area contributed by atoms with Gasteiger partial charge in [0.2, 0.25) is 4.07 Å². The van der Waals surface area contributed by atoms with Crippen LogP contribution in [0, 0.1) is 27.7 Å². The molecular weight excluding hydrogens is 366 g/mol. The molecule has 0 radical (unpaired) electrons. The molecule has 0 heterocycles. The van der Waals surface area contributed by atoms with Crippen LogP contribution in [0.4, 0.5) is 0 Å². The highest BCUT2D eigenvalue weighted by Gasteiger charge is 2.48. The van der Waals surface area contributed by atoms with E-state index in [9.17, 15) is 4.57 Å². The average Bonchev–Trinajstić information content (AvgIpc) is 2.44. The molecule has 2 aromatic rings. The van der Waals surface area contributed by atoms with E-state index in [1.165, 1.54) is 6.92 Å². The Morgan fingerprint density at radius 2 is 1.21 bits per heavy atom. The minimum absolute atomic E-state index is 0.432. The molecule has 0 N–H and O–H groups in total. The lowest BCUT2D eigenvalue weighted by Crippen LogP contribution is -2.18. The topological polar surface area (TPSA) is 35.5 Å². The molecule has 6 heteroatoms. The molecule has 0 saturated carbocycles. The molecule has 0 aliphatic heterocycles. The Balaban J connectivity index is 2.41. The highest BCUT2D eigenvalue weighted by Crippen LogP contribution is 2.63. The number of hydrogen-bond acceptors (Lipinski definition) is 3. The molecule has 0 aliphatic carbocycles. The number of hydrogen-bond donors (Lipinski definition) is 0. The van der Waals surface area contributed by atoms with Gasteiger partial charge in [-0.3, -0.25) is 0 Å². The van der Waals surface area contributed by atoms with E-state index in [-0.39, 0.29) is 0 Å². The van der Waals surface area contributed by atoms with Crippen molar-refractivity contribution in [3.8, 4) is 11.5 Å². The van der Waals surface area contributed by atoms with E-state index in [4.69, 9.17) is 32.2 Å². The summed E-state index contributed by atoms with van der Waals surface area (Å²) in [4.78, 5) is 0. The zero-order chi connectivity index (χ0) is 18.1. The van der Waals surface area contributed by atoms with Crippen molar-refractivity contribution in [3.63, 3.8) is 0 Å². The molecule has 3 nitrogen and oxygen atoms in total. The van der Waals surface area contributed by atoms with E-state index >= 15 is 0 Å². The first-order valence-corrected chi connectivity index (χ1v) is 9.83. The molecule has 2 aromatic carbocycles. The van der Waals surface area contributed by atoms with Crippen molar-refractivity contribution in [2.24, 2.45) is 0 Å². The maximum Gasteiger partial charge on any atom is 0.466 e. The maximum absolute atomic E-state index is 13.3. The fraction of sp³-hybridized carbons (Fsp3) is 0.333. The second kappa shape index (κ2) is 7.00. The molecular formula is C18H21Cl2O3P. The Bertz CT molecular complexity index is 740. The number of rotatable bonds is 5. The van der Waals surface area contributed by atoms with E-state index in [0.717, 1.165) is 22.3 Å². The molecule has 0 aromatic heterocycles. The molecule has 0 spiro atoms. The minimum Gasteiger partial charge on any atom is -0.414 e. The van der Waals surface area contributed by atoms with Crippen LogP contribution >= 0.6 is 30.8 Å². The predicted molar refractivity (Wildman–Crippen MR) is 101 cm³/mol. The third kappa shape index (κ3) is 4.27. The van der Waals surface area contributed by atoms with E-state index in [1.54, 1.807) is 12.1 Å². The molecule has 0 fully saturated rings. The molecule has 0 aliphatic rings. The van der Waals surface area contributed by atoms with Crippen molar-refractivity contribution in [2.45, 2.75) is 38.7 Å². The fourth-order valence-corrected chi connectivity index (χ4v) is 3.94. The maximum atomic E-state index is 13.3. The van der Waals surface area contributed by atoms with Crippen LogP contribution < -0.4 is 9.05 Å². The number of benzene rings is 2. The van der Waals surface area contributed by atoms with Gasteiger partial charge in [0.05, 0.1) is 0 Å². The molecule has 130 valence electrons. The number of alkyl halides is 2. The molecule has 0 saturated heterocycles. The van der Waals surface area contributed by atoms with E-state index < -0.39 is 11.7 Å². The van der Waals surface area contributed by atoms with Gasteiger partial charge in [-0.15, -0.1) is 0 Å². The Morgan fingerprint density at radius 1 is 0.833 bits per heavy atom. The van der Waals surface area contributed by atoms with E-state index in [1.807, 2.05) is 52.0 Å². The quantitative estimate of drug-likeness (QED) is 0.422.